The van der Waals surface area contributed by atoms with Gasteiger partial charge in [0.2, 0.25) is 0 Å². The largest absolute Gasteiger partial charge is 0.494 e. The molecule has 1 aliphatic heterocycles. The molecule has 1 atom stereocenters. The van der Waals surface area contributed by atoms with E-state index in [-0.39, 0.29) is 17.0 Å². The third kappa shape index (κ3) is 4.51. The van der Waals surface area contributed by atoms with Crippen LogP contribution in [0.1, 0.15) is 30.9 Å². The number of nitrogens with two attached hydrogens (primary N) is 1. The lowest BCUT2D eigenvalue weighted by Gasteiger charge is -2.24. The highest BCUT2D eigenvalue weighted by atomic mass is 32.1. The lowest BCUT2D eigenvalue weighted by Crippen LogP contribution is -2.40. The number of ether oxygens (including phenoxy) is 3. The third-order valence-corrected chi connectivity index (χ3v) is 6.80. The summed E-state index contributed by atoms with van der Waals surface area (Å²) in [5.41, 5.74) is 7.72. The van der Waals surface area contributed by atoms with E-state index in [0.717, 1.165) is 22.6 Å². The number of fused-ring (bicyclic) bond motifs is 1. The highest BCUT2D eigenvalue weighted by Gasteiger charge is 2.36. The van der Waals surface area contributed by atoms with Crippen molar-refractivity contribution in [1.29, 1.82) is 5.26 Å². The van der Waals surface area contributed by atoms with Gasteiger partial charge in [0.15, 0.2) is 0 Å². The molecule has 0 amide bonds. The third-order valence-electron chi connectivity index (χ3n) is 5.69. The smallest absolute Gasteiger partial charge is 0.338 e. The highest BCUT2D eigenvalue weighted by Crippen LogP contribution is 2.37. The molecule has 0 radical (unpaired) electrons. The van der Waals surface area contributed by atoms with E-state index in [1.807, 2.05) is 38.1 Å². The molecular formula is C27H25N3O5S. The Bertz CT molecular complexity index is 1540. The van der Waals surface area contributed by atoms with Crippen LogP contribution in [0.2, 0.25) is 0 Å². The fraction of sp³-hybridized carbons (Fsp3) is 0.222. The van der Waals surface area contributed by atoms with Gasteiger partial charge in [-0.3, -0.25) is 9.36 Å². The molecule has 2 N–H and O–H groups in total. The Morgan fingerprint density at radius 1 is 1.08 bits per heavy atom. The van der Waals surface area contributed by atoms with Crippen molar-refractivity contribution in [2.75, 3.05) is 20.3 Å². The van der Waals surface area contributed by atoms with Gasteiger partial charge in [-0.05, 0) is 55.3 Å². The molecule has 1 aliphatic rings. The SMILES string of the molecule is CCOc1ccc(/C=c2\sc3n(c2=O)C(N)=C(C(=O)OC)[C@H](c2ccc(OCC)cc2)C=3C#N)cc1. The molecule has 0 aliphatic carbocycles. The summed E-state index contributed by atoms with van der Waals surface area (Å²) in [7, 11) is 1.24. The molecule has 2 aromatic carbocycles. The standard InChI is InChI=1S/C27H25N3O5S/c1-4-34-18-10-6-16(7-11-18)14-21-25(31)30-24(29)23(27(32)33-3)22(20(15-28)26(30)36-21)17-8-12-19(13-9-17)35-5-2/h6-14,22H,4-5,29H2,1-3H3/b21-14-/t22-/m1/s1. The number of methoxy groups -OCH3 is 1. The Morgan fingerprint density at radius 3 is 2.19 bits per heavy atom. The molecule has 9 heteroatoms. The molecule has 0 fully saturated rings. The molecule has 1 aromatic heterocycles. The first-order chi connectivity index (χ1) is 17.4. The zero-order valence-electron chi connectivity index (χ0n) is 20.1. The van der Waals surface area contributed by atoms with Crippen LogP contribution in [0.25, 0.3) is 17.5 Å². The van der Waals surface area contributed by atoms with Gasteiger partial charge in [-0.25, -0.2) is 4.79 Å². The van der Waals surface area contributed by atoms with Crippen LogP contribution in [0.4, 0.5) is 0 Å². The zero-order chi connectivity index (χ0) is 25.8. The maximum absolute atomic E-state index is 13.4. The van der Waals surface area contributed by atoms with Crippen molar-refractivity contribution < 1.29 is 19.0 Å². The number of hydrogen-bond acceptors (Lipinski definition) is 8. The van der Waals surface area contributed by atoms with E-state index >= 15 is 0 Å². The first-order valence-electron chi connectivity index (χ1n) is 11.3. The first kappa shape index (κ1) is 24.8. The van der Waals surface area contributed by atoms with Crippen LogP contribution in [-0.4, -0.2) is 30.9 Å². The lowest BCUT2D eigenvalue weighted by atomic mass is 9.84. The van der Waals surface area contributed by atoms with Gasteiger partial charge in [-0.15, -0.1) is 11.3 Å². The molecule has 0 bridgehead atoms. The Kier molecular flexibility index (Phi) is 7.27. The molecule has 8 nitrogen and oxygen atoms in total. The van der Waals surface area contributed by atoms with E-state index in [9.17, 15) is 14.9 Å². The summed E-state index contributed by atoms with van der Waals surface area (Å²) in [5.74, 6) is -0.172. The number of thiazole rings is 1. The molecule has 184 valence electrons. The van der Waals surface area contributed by atoms with Crippen molar-refractivity contribution >= 4 is 34.8 Å². The minimum absolute atomic E-state index is 0.0400. The van der Waals surface area contributed by atoms with E-state index in [2.05, 4.69) is 6.07 Å². The predicted molar refractivity (Wildman–Crippen MR) is 138 cm³/mol. The summed E-state index contributed by atoms with van der Waals surface area (Å²) >= 11 is 1.15. The first-order valence-corrected chi connectivity index (χ1v) is 12.2. The van der Waals surface area contributed by atoms with E-state index in [4.69, 9.17) is 19.9 Å². The van der Waals surface area contributed by atoms with Crippen LogP contribution >= 0.6 is 11.3 Å². The molecule has 0 saturated carbocycles. The molecule has 3 aromatic rings. The summed E-state index contributed by atoms with van der Waals surface area (Å²) in [6.07, 6.45) is 1.72. The van der Waals surface area contributed by atoms with Crippen molar-refractivity contribution in [3.8, 4) is 17.6 Å². The zero-order valence-corrected chi connectivity index (χ0v) is 20.9. The number of carbonyl (C=O) groups is 1. The second-order valence-electron chi connectivity index (χ2n) is 7.81. The second kappa shape index (κ2) is 10.5. The fourth-order valence-corrected chi connectivity index (χ4v) is 5.22. The Hall–Kier alpha value is -4.29. The van der Waals surface area contributed by atoms with Crippen molar-refractivity contribution in [2.45, 2.75) is 19.8 Å². The summed E-state index contributed by atoms with van der Waals surface area (Å²) in [5, 5.41) is 10.2. The minimum atomic E-state index is -0.797. The van der Waals surface area contributed by atoms with Gasteiger partial charge in [0.1, 0.15) is 22.0 Å². The predicted octanol–water partition coefficient (Wildman–Crippen LogP) is 2.31. The number of esters is 1. The van der Waals surface area contributed by atoms with Gasteiger partial charge < -0.3 is 19.9 Å². The minimum Gasteiger partial charge on any atom is -0.494 e. The highest BCUT2D eigenvalue weighted by molar-refractivity contribution is 7.07. The number of nitrogens with zero attached hydrogens (tertiary/aromatic N) is 2. The van der Waals surface area contributed by atoms with Gasteiger partial charge in [-0.2, -0.15) is 5.26 Å². The Morgan fingerprint density at radius 2 is 1.67 bits per heavy atom. The second-order valence-corrected chi connectivity index (χ2v) is 8.84. The summed E-state index contributed by atoms with van der Waals surface area (Å²) in [4.78, 5) is 26.2. The lowest BCUT2D eigenvalue weighted by molar-refractivity contribution is -0.136. The van der Waals surface area contributed by atoms with Crippen LogP contribution in [0.5, 0.6) is 11.5 Å². The number of benzene rings is 2. The molecule has 0 spiro atoms. The van der Waals surface area contributed by atoms with E-state index < -0.39 is 17.4 Å². The maximum Gasteiger partial charge on any atom is 0.338 e. The van der Waals surface area contributed by atoms with Crippen molar-refractivity contribution in [3.05, 3.63) is 84.8 Å². The van der Waals surface area contributed by atoms with Crippen LogP contribution in [0.15, 0.2) is 58.9 Å². The van der Waals surface area contributed by atoms with E-state index in [0.29, 0.717) is 33.7 Å². The Labute approximate surface area is 211 Å². The van der Waals surface area contributed by atoms with E-state index in [1.165, 1.54) is 11.7 Å². The van der Waals surface area contributed by atoms with Crippen molar-refractivity contribution in [1.82, 2.24) is 4.57 Å². The number of nitriles is 1. The average molecular weight is 504 g/mol. The number of carbonyl (C=O) groups excluding carboxylic acids is 1. The monoisotopic (exact) mass is 503 g/mol. The summed E-state index contributed by atoms with van der Waals surface area (Å²) in [6, 6.07) is 16.6. The number of hydrogen-bond donors (Lipinski definition) is 1. The van der Waals surface area contributed by atoms with Crippen LogP contribution < -0.4 is 30.0 Å². The van der Waals surface area contributed by atoms with Gasteiger partial charge in [0.25, 0.3) is 5.56 Å². The molecule has 4 rings (SSSR count). The molecule has 0 unspecified atom stereocenters. The van der Waals surface area contributed by atoms with Gasteiger partial charge in [0.05, 0.1) is 48.0 Å². The molecule has 0 saturated heterocycles. The van der Waals surface area contributed by atoms with E-state index in [1.54, 1.807) is 30.3 Å². The van der Waals surface area contributed by atoms with Crippen LogP contribution in [0.3, 0.4) is 0 Å². The Balaban J connectivity index is 1.94. The molecular weight excluding hydrogens is 478 g/mol. The average Bonchev–Trinajstić information content (AvgIpc) is 3.21. The summed E-state index contributed by atoms with van der Waals surface area (Å²) in [6.45, 7) is 4.85. The topological polar surface area (TPSA) is 117 Å². The van der Waals surface area contributed by atoms with Crippen LogP contribution in [0, 0.1) is 11.3 Å². The fourth-order valence-electron chi connectivity index (χ4n) is 4.10. The van der Waals surface area contributed by atoms with Crippen molar-refractivity contribution in [2.24, 2.45) is 5.73 Å². The molecule has 36 heavy (non-hydrogen) atoms. The summed E-state index contributed by atoms with van der Waals surface area (Å²) < 4.78 is 18.0. The van der Waals surface area contributed by atoms with Gasteiger partial charge >= 0.3 is 5.97 Å². The molecule has 2 heterocycles. The van der Waals surface area contributed by atoms with Crippen molar-refractivity contribution in [3.63, 3.8) is 0 Å². The maximum atomic E-state index is 13.4. The number of aromatic nitrogens is 1. The quantitative estimate of drug-likeness (QED) is 0.492. The van der Waals surface area contributed by atoms with Crippen LogP contribution in [-0.2, 0) is 9.53 Å². The number of rotatable bonds is 7. The van der Waals surface area contributed by atoms with Gasteiger partial charge in [0, 0.05) is 0 Å². The normalized spacial score (nSPS) is 15.3. The van der Waals surface area contributed by atoms with Gasteiger partial charge in [-0.1, -0.05) is 24.3 Å².